The Labute approximate surface area is 114 Å². The maximum absolute atomic E-state index is 13.1. The van der Waals surface area contributed by atoms with Gasteiger partial charge in [-0.1, -0.05) is 0 Å². The molecule has 0 amide bonds. The van der Waals surface area contributed by atoms with E-state index in [0.717, 1.165) is 25.0 Å². The predicted molar refractivity (Wildman–Crippen MR) is 67.0 cm³/mol. The summed E-state index contributed by atoms with van der Waals surface area (Å²) in [6.45, 7) is -0.168. The summed E-state index contributed by atoms with van der Waals surface area (Å²) in [7, 11) is -4.01. The van der Waals surface area contributed by atoms with E-state index in [4.69, 9.17) is 0 Å². The quantitative estimate of drug-likeness (QED) is 0.596. The molecule has 0 heterocycles. The third kappa shape index (κ3) is 3.30. The van der Waals surface area contributed by atoms with Crippen molar-refractivity contribution in [1.29, 1.82) is 0 Å². The van der Waals surface area contributed by atoms with Gasteiger partial charge in [-0.25, -0.2) is 13.1 Å². The Morgan fingerprint density at radius 1 is 1.50 bits per heavy atom. The molecule has 9 heteroatoms. The largest absolute Gasteiger partial charge is 0.391 e. The van der Waals surface area contributed by atoms with Gasteiger partial charge in [0.2, 0.25) is 15.8 Å². The van der Waals surface area contributed by atoms with Gasteiger partial charge >= 0.3 is 5.69 Å². The molecule has 0 spiro atoms. The Kier molecular flexibility index (Phi) is 4.02. The van der Waals surface area contributed by atoms with Crippen molar-refractivity contribution in [3.63, 3.8) is 0 Å². The summed E-state index contributed by atoms with van der Waals surface area (Å²) >= 11 is 0. The molecule has 1 saturated carbocycles. The van der Waals surface area contributed by atoms with Crippen LogP contribution in [0.2, 0.25) is 0 Å². The average Bonchev–Trinajstić information content (AvgIpc) is 3.20. The highest BCUT2D eigenvalue weighted by Crippen LogP contribution is 2.32. The molecular formula is C11H13FN2O5S. The SMILES string of the molecule is O=[N+]([O-])c1cc(S(=O)(=O)NCC(O)C2CC2)ccc1F. The van der Waals surface area contributed by atoms with Gasteiger partial charge in [-0.2, -0.15) is 4.39 Å². The Morgan fingerprint density at radius 2 is 2.15 bits per heavy atom. The Morgan fingerprint density at radius 3 is 2.70 bits per heavy atom. The molecule has 0 aliphatic heterocycles. The van der Waals surface area contributed by atoms with Gasteiger partial charge in [0.1, 0.15) is 0 Å². The smallest absolute Gasteiger partial charge is 0.306 e. The zero-order chi connectivity index (χ0) is 14.9. The molecule has 2 rings (SSSR count). The van der Waals surface area contributed by atoms with Crippen LogP contribution in [-0.4, -0.2) is 31.1 Å². The molecule has 1 aromatic carbocycles. The summed E-state index contributed by atoms with van der Waals surface area (Å²) in [6.07, 6.45) is 0.927. The molecule has 1 aliphatic rings. The molecule has 1 aromatic rings. The van der Waals surface area contributed by atoms with Crippen molar-refractivity contribution in [2.75, 3.05) is 6.54 Å². The van der Waals surface area contributed by atoms with E-state index in [9.17, 15) is 28.0 Å². The van der Waals surface area contributed by atoms with E-state index in [2.05, 4.69) is 4.72 Å². The lowest BCUT2D eigenvalue weighted by Crippen LogP contribution is -2.33. The maximum Gasteiger partial charge on any atom is 0.306 e. The van der Waals surface area contributed by atoms with Gasteiger partial charge in [-0.05, 0) is 30.9 Å². The van der Waals surface area contributed by atoms with Gasteiger partial charge in [-0.3, -0.25) is 10.1 Å². The number of hydrogen-bond acceptors (Lipinski definition) is 5. The van der Waals surface area contributed by atoms with E-state index in [-0.39, 0.29) is 12.5 Å². The van der Waals surface area contributed by atoms with Gasteiger partial charge in [-0.15, -0.1) is 0 Å². The Balaban J connectivity index is 2.16. The molecule has 7 nitrogen and oxygen atoms in total. The fourth-order valence-corrected chi connectivity index (χ4v) is 2.80. The topological polar surface area (TPSA) is 110 Å². The minimum Gasteiger partial charge on any atom is -0.391 e. The van der Waals surface area contributed by atoms with E-state index in [0.29, 0.717) is 6.07 Å². The molecular weight excluding hydrogens is 291 g/mol. The monoisotopic (exact) mass is 304 g/mol. The Bertz CT molecular complexity index is 630. The summed E-state index contributed by atoms with van der Waals surface area (Å²) in [5.41, 5.74) is -0.907. The second-order valence-electron chi connectivity index (χ2n) is 4.63. The van der Waals surface area contributed by atoms with Crippen LogP contribution >= 0.6 is 0 Å². The van der Waals surface area contributed by atoms with Crippen molar-refractivity contribution in [2.24, 2.45) is 5.92 Å². The molecule has 110 valence electrons. The number of aliphatic hydroxyl groups excluding tert-OH is 1. The zero-order valence-corrected chi connectivity index (χ0v) is 11.1. The minimum absolute atomic E-state index is 0.0975. The normalized spacial score (nSPS) is 16.9. The van der Waals surface area contributed by atoms with Gasteiger partial charge in [0.25, 0.3) is 0 Å². The van der Waals surface area contributed by atoms with Gasteiger partial charge in [0.15, 0.2) is 0 Å². The number of nitrogens with zero attached hydrogens (tertiary/aromatic N) is 1. The third-order valence-corrected chi connectivity index (χ3v) is 4.49. The van der Waals surface area contributed by atoms with E-state index < -0.39 is 37.5 Å². The highest BCUT2D eigenvalue weighted by atomic mass is 32.2. The molecule has 0 aromatic heterocycles. The number of nitrogens with one attached hydrogen (secondary N) is 1. The highest BCUT2D eigenvalue weighted by Gasteiger charge is 2.31. The van der Waals surface area contributed by atoms with Crippen LogP contribution in [0.4, 0.5) is 10.1 Å². The van der Waals surface area contributed by atoms with Crippen LogP contribution in [0, 0.1) is 21.8 Å². The van der Waals surface area contributed by atoms with Crippen LogP contribution in [0.25, 0.3) is 0 Å². The zero-order valence-electron chi connectivity index (χ0n) is 10.3. The summed E-state index contributed by atoms with van der Waals surface area (Å²) < 4.78 is 39.1. The van der Waals surface area contributed by atoms with Crippen molar-refractivity contribution in [3.05, 3.63) is 34.1 Å². The van der Waals surface area contributed by atoms with Gasteiger partial charge in [0.05, 0.1) is 15.9 Å². The van der Waals surface area contributed by atoms with Gasteiger partial charge in [0, 0.05) is 12.6 Å². The molecule has 1 unspecified atom stereocenters. The molecule has 1 aliphatic carbocycles. The first kappa shape index (κ1) is 14.8. The number of sulfonamides is 1. The molecule has 0 radical (unpaired) electrons. The number of rotatable bonds is 6. The lowest BCUT2D eigenvalue weighted by atomic mass is 10.2. The first-order valence-electron chi connectivity index (χ1n) is 5.93. The molecule has 20 heavy (non-hydrogen) atoms. The van der Waals surface area contributed by atoms with Crippen LogP contribution in [0.3, 0.4) is 0 Å². The molecule has 1 atom stereocenters. The van der Waals surface area contributed by atoms with Crippen molar-refractivity contribution >= 4 is 15.7 Å². The lowest BCUT2D eigenvalue weighted by molar-refractivity contribution is -0.387. The predicted octanol–water partition coefficient (Wildman–Crippen LogP) is 0.783. The van der Waals surface area contributed by atoms with Crippen molar-refractivity contribution in [3.8, 4) is 0 Å². The first-order valence-corrected chi connectivity index (χ1v) is 7.41. The fourth-order valence-electron chi connectivity index (χ4n) is 1.73. The summed E-state index contributed by atoms with van der Waals surface area (Å²) in [5, 5.41) is 20.2. The Hall–Kier alpha value is -1.58. The molecule has 0 bridgehead atoms. The number of aliphatic hydroxyl groups is 1. The maximum atomic E-state index is 13.1. The average molecular weight is 304 g/mol. The minimum atomic E-state index is -4.01. The molecule has 1 fully saturated rings. The van der Waals surface area contributed by atoms with Crippen molar-refractivity contribution in [1.82, 2.24) is 4.72 Å². The summed E-state index contributed by atoms with van der Waals surface area (Å²) in [5.74, 6) is -1.01. The second-order valence-corrected chi connectivity index (χ2v) is 6.39. The number of hydrogen-bond donors (Lipinski definition) is 2. The third-order valence-electron chi connectivity index (χ3n) is 3.07. The van der Waals surface area contributed by atoms with Crippen LogP contribution in [-0.2, 0) is 10.0 Å². The fraction of sp³-hybridized carbons (Fsp3) is 0.455. The first-order chi connectivity index (χ1) is 9.31. The standard InChI is InChI=1S/C11H13FN2O5S/c12-9-4-3-8(5-10(9)14(16)17)20(18,19)13-6-11(15)7-1-2-7/h3-5,7,11,13,15H,1-2,6H2. The number of benzene rings is 1. The van der Waals surface area contributed by atoms with Crippen molar-refractivity contribution < 1.29 is 22.8 Å². The summed E-state index contributed by atoms with van der Waals surface area (Å²) in [6, 6.07) is 2.32. The van der Waals surface area contributed by atoms with Crippen LogP contribution in [0.5, 0.6) is 0 Å². The van der Waals surface area contributed by atoms with Crippen molar-refractivity contribution in [2.45, 2.75) is 23.8 Å². The molecule has 2 N–H and O–H groups in total. The number of halogens is 1. The van der Waals surface area contributed by atoms with Crippen LogP contribution in [0.1, 0.15) is 12.8 Å². The van der Waals surface area contributed by atoms with E-state index in [1.165, 1.54) is 0 Å². The second kappa shape index (κ2) is 5.43. The van der Waals surface area contributed by atoms with Crippen LogP contribution < -0.4 is 4.72 Å². The molecule has 0 saturated heterocycles. The van der Waals surface area contributed by atoms with E-state index in [1.54, 1.807) is 0 Å². The lowest BCUT2D eigenvalue weighted by Gasteiger charge is -2.11. The number of nitro benzene ring substituents is 1. The van der Waals surface area contributed by atoms with E-state index >= 15 is 0 Å². The summed E-state index contributed by atoms with van der Waals surface area (Å²) in [4.78, 5) is 9.17. The van der Waals surface area contributed by atoms with Gasteiger partial charge < -0.3 is 5.11 Å². The number of nitro groups is 1. The van der Waals surface area contributed by atoms with Crippen LogP contribution in [0.15, 0.2) is 23.1 Å². The highest BCUT2D eigenvalue weighted by molar-refractivity contribution is 7.89. The van der Waals surface area contributed by atoms with E-state index in [1.807, 2.05) is 0 Å².